The summed E-state index contributed by atoms with van der Waals surface area (Å²) in [6.07, 6.45) is 3.23. The number of hydrogen-bond donors (Lipinski definition) is 0. The maximum absolute atomic E-state index is 13.4. The van der Waals surface area contributed by atoms with E-state index in [-0.39, 0.29) is 10.9 Å². The Labute approximate surface area is 112 Å². The standard InChI is InChI=1S/C12H8ClFN4O/c1-19-9-6-7(2-3-8(9)14)11-16-17-12-10(13)15-4-5-18(11)12/h2-6H,1H3. The van der Waals surface area contributed by atoms with Crippen LogP contribution >= 0.6 is 11.6 Å². The van der Waals surface area contributed by atoms with Crippen molar-refractivity contribution in [3.8, 4) is 17.1 Å². The van der Waals surface area contributed by atoms with E-state index in [4.69, 9.17) is 16.3 Å². The van der Waals surface area contributed by atoms with E-state index in [0.29, 0.717) is 17.0 Å². The molecule has 5 nitrogen and oxygen atoms in total. The van der Waals surface area contributed by atoms with Crippen molar-refractivity contribution >= 4 is 17.2 Å². The zero-order valence-electron chi connectivity index (χ0n) is 9.84. The number of nitrogens with zero attached hydrogens (tertiary/aromatic N) is 4. The molecule has 0 atom stereocenters. The van der Waals surface area contributed by atoms with Crippen LogP contribution in [0.5, 0.6) is 5.75 Å². The highest BCUT2D eigenvalue weighted by atomic mass is 35.5. The second-order valence-corrected chi connectivity index (χ2v) is 4.14. The first-order valence-corrected chi connectivity index (χ1v) is 5.77. The van der Waals surface area contributed by atoms with Crippen LogP contribution < -0.4 is 4.74 Å². The van der Waals surface area contributed by atoms with Gasteiger partial charge in [-0.1, -0.05) is 11.6 Å². The van der Waals surface area contributed by atoms with Crippen molar-refractivity contribution < 1.29 is 9.13 Å². The first kappa shape index (κ1) is 11.9. The SMILES string of the molecule is COc1cc(-c2nnc3c(Cl)nccn23)ccc1F. The quantitative estimate of drug-likeness (QED) is 0.723. The normalized spacial score (nSPS) is 10.9. The van der Waals surface area contributed by atoms with E-state index in [0.717, 1.165) is 0 Å². The van der Waals surface area contributed by atoms with E-state index < -0.39 is 5.82 Å². The second-order valence-electron chi connectivity index (χ2n) is 3.78. The molecule has 0 unspecified atom stereocenters. The predicted molar refractivity (Wildman–Crippen MR) is 67.7 cm³/mol. The van der Waals surface area contributed by atoms with Crippen LogP contribution in [0.4, 0.5) is 4.39 Å². The van der Waals surface area contributed by atoms with Crippen LogP contribution in [0.2, 0.25) is 5.15 Å². The Kier molecular flexibility index (Phi) is 2.79. The van der Waals surface area contributed by atoms with Gasteiger partial charge < -0.3 is 4.74 Å². The number of ether oxygens (including phenoxy) is 1. The van der Waals surface area contributed by atoms with Crippen molar-refractivity contribution in [1.29, 1.82) is 0 Å². The summed E-state index contributed by atoms with van der Waals surface area (Å²) in [6, 6.07) is 4.47. The Morgan fingerprint density at radius 1 is 1.32 bits per heavy atom. The number of rotatable bonds is 2. The third kappa shape index (κ3) is 1.90. The Morgan fingerprint density at radius 2 is 2.16 bits per heavy atom. The van der Waals surface area contributed by atoms with Crippen molar-refractivity contribution in [3.05, 3.63) is 41.6 Å². The number of methoxy groups -OCH3 is 1. The van der Waals surface area contributed by atoms with Crippen molar-refractivity contribution in [2.75, 3.05) is 7.11 Å². The molecule has 0 bridgehead atoms. The molecule has 3 rings (SSSR count). The lowest BCUT2D eigenvalue weighted by Gasteiger charge is -2.04. The number of aromatic nitrogens is 4. The number of halogens is 2. The van der Waals surface area contributed by atoms with Gasteiger partial charge >= 0.3 is 0 Å². The summed E-state index contributed by atoms with van der Waals surface area (Å²) in [5, 5.41) is 8.26. The molecule has 2 heterocycles. The van der Waals surface area contributed by atoms with Crippen LogP contribution in [0, 0.1) is 5.82 Å². The lowest BCUT2D eigenvalue weighted by atomic mass is 10.2. The molecule has 0 aliphatic heterocycles. The first-order valence-electron chi connectivity index (χ1n) is 5.40. The number of benzene rings is 1. The maximum atomic E-state index is 13.4. The minimum Gasteiger partial charge on any atom is -0.494 e. The van der Waals surface area contributed by atoms with Crippen molar-refractivity contribution in [1.82, 2.24) is 19.6 Å². The molecular formula is C12H8ClFN4O. The molecule has 0 N–H and O–H groups in total. The van der Waals surface area contributed by atoms with Gasteiger partial charge in [-0.15, -0.1) is 10.2 Å². The molecule has 0 aliphatic rings. The van der Waals surface area contributed by atoms with E-state index in [2.05, 4.69) is 15.2 Å². The fourth-order valence-corrected chi connectivity index (χ4v) is 1.98. The van der Waals surface area contributed by atoms with Crippen molar-refractivity contribution in [2.24, 2.45) is 0 Å². The molecule has 2 aromatic heterocycles. The Hall–Kier alpha value is -2.21. The molecule has 1 aromatic carbocycles. The fourth-order valence-electron chi connectivity index (χ4n) is 1.79. The molecule has 0 radical (unpaired) electrons. The lowest BCUT2D eigenvalue weighted by molar-refractivity contribution is 0.386. The molecular weight excluding hydrogens is 271 g/mol. The maximum Gasteiger partial charge on any atom is 0.198 e. The van der Waals surface area contributed by atoms with E-state index in [1.165, 1.54) is 13.2 Å². The van der Waals surface area contributed by atoms with Crippen molar-refractivity contribution in [2.45, 2.75) is 0 Å². The average Bonchev–Trinajstić information content (AvgIpc) is 2.85. The van der Waals surface area contributed by atoms with Gasteiger partial charge in [0.1, 0.15) is 0 Å². The number of fused-ring (bicyclic) bond motifs is 1. The summed E-state index contributed by atoms with van der Waals surface area (Å²) in [6.45, 7) is 0. The van der Waals surface area contributed by atoms with E-state index in [9.17, 15) is 4.39 Å². The van der Waals surface area contributed by atoms with Crippen LogP contribution in [0.25, 0.3) is 17.0 Å². The van der Waals surface area contributed by atoms with E-state index >= 15 is 0 Å². The van der Waals surface area contributed by atoms with Gasteiger partial charge in [-0.05, 0) is 18.2 Å². The van der Waals surface area contributed by atoms with Gasteiger partial charge in [0.15, 0.2) is 28.2 Å². The van der Waals surface area contributed by atoms with E-state index in [1.807, 2.05) is 0 Å². The van der Waals surface area contributed by atoms with Gasteiger partial charge in [0.25, 0.3) is 0 Å². The molecule has 0 aliphatic carbocycles. The van der Waals surface area contributed by atoms with E-state index in [1.54, 1.807) is 28.9 Å². The molecule has 0 spiro atoms. The van der Waals surface area contributed by atoms with Gasteiger partial charge in [0.05, 0.1) is 7.11 Å². The van der Waals surface area contributed by atoms with Gasteiger partial charge in [0, 0.05) is 18.0 Å². The average molecular weight is 279 g/mol. The minimum absolute atomic E-state index is 0.148. The smallest absolute Gasteiger partial charge is 0.198 e. The summed E-state index contributed by atoms with van der Waals surface area (Å²) >= 11 is 5.92. The molecule has 7 heteroatoms. The molecule has 0 amide bonds. The van der Waals surface area contributed by atoms with Crippen LogP contribution in [0.3, 0.4) is 0 Å². The highest BCUT2D eigenvalue weighted by molar-refractivity contribution is 6.32. The summed E-state index contributed by atoms with van der Waals surface area (Å²) in [5.74, 6) is 0.256. The first-order chi connectivity index (χ1) is 9.20. The Bertz CT molecular complexity index is 759. The van der Waals surface area contributed by atoms with Gasteiger partial charge in [-0.3, -0.25) is 4.40 Å². The highest BCUT2D eigenvalue weighted by Crippen LogP contribution is 2.26. The van der Waals surface area contributed by atoms with Crippen LogP contribution in [-0.4, -0.2) is 26.7 Å². The lowest BCUT2D eigenvalue weighted by Crippen LogP contribution is -1.93. The third-order valence-electron chi connectivity index (χ3n) is 2.69. The Balaban J connectivity index is 2.22. The highest BCUT2D eigenvalue weighted by Gasteiger charge is 2.13. The predicted octanol–water partition coefficient (Wildman–Crippen LogP) is 2.59. The zero-order valence-corrected chi connectivity index (χ0v) is 10.6. The van der Waals surface area contributed by atoms with Gasteiger partial charge in [-0.2, -0.15) is 0 Å². The zero-order chi connectivity index (χ0) is 13.4. The molecule has 19 heavy (non-hydrogen) atoms. The Morgan fingerprint density at radius 3 is 2.95 bits per heavy atom. The third-order valence-corrected chi connectivity index (χ3v) is 2.96. The van der Waals surface area contributed by atoms with Crippen LogP contribution in [0.1, 0.15) is 0 Å². The van der Waals surface area contributed by atoms with Gasteiger partial charge in [0.2, 0.25) is 0 Å². The topological polar surface area (TPSA) is 52.3 Å². The largest absolute Gasteiger partial charge is 0.494 e. The van der Waals surface area contributed by atoms with Crippen LogP contribution in [-0.2, 0) is 0 Å². The number of hydrogen-bond acceptors (Lipinski definition) is 4. The summed E-state index contributed by atoms with van der Waals surface area (Å²) in [5.41, 5.74) is 1.12. The van der Waals surface area contributed by atoms with Crippen LogP contribution in [0.15, 0.2) is 30.6 Å². The summed E-state index contributed by atoms with van der Waals surface area (Å²) in [4.78, 5) is 3.92. The molecule has 96 valence electrons. The molecule has 0 fully saturated rings. The molecule has 0 saturated carbocycles. The summed E-state index contributed by atoms with van der Waals surface area (Å²) in [7, 11) is 1.41. The minimum atomic E-state index is -0.431. The molecule has 3 aromatic rings. The van der Waals surface area contributed by atoms with Crippen molar-refractivity contribution in [3.63, 3.8) is 0 Å². The fraction of sp³-hybridized carbons (Fsp3) is 0.0833. The molecule has 0 saturated heterocycles. The van der Waals surface area contributed by atoms with Gasteiger partial charge in [-0.25, -0.2) is 9.37 Å². The monoisotopic (exact) mass is 278 g/mol. The second kappa shape index (κ2) is 4.47. The summed E-state index contributed by atoms with van der Waals surface area (Å²) < 4.78 is 20.0.